The Labute approximate surface area is 68.6 Å². The standard InChI is InChI=1S/C11H14/c1-4-10-7-6-9(3)11(5-2)8-10/h5-8H,2,4H2,1,3H3. The van der Waals surface area contributed by atoms with Gasteiger partial charge in [-0.05, 0) is 30.0 Å². The minimum atomic E-state index is 1.10. The normalized spacial score (nSPS) is 9.64. The van der Waals surface area contributed by atoms with E-state index in [1.165, 1.54) is 16.7 Å². The Kier molecular flexibility index (Phi) is 2.48. The lowest BCUT2D eigenvalue weighted by Crippen LogP contribution is -1.84. The van der Waals surface area contributed by atoms with E-state index in [1.54, 1.807) is 0 Å². The van der Waals surface area contributed by atoms with Gasteiger partial charge in [-0.15, -0.1) is 0 Å². The van der Waals surface area contributed by atoms with E-state index in [4.69, 9.17) is 0 Å². The van der Waals surface area contributed by atoms with E-state index in [0.717, 1.165) is 6.42 Å². The van der Waals surface area contributed by atoms with Crippen molar-refractivity contribution in [2.45, 2.75) is 20.3 Å². The zero-order valence-corrected chi connectivity index (χ0v) is 7.22. The van der Waals surface area contributed by atoms with Gasteiger partial charge in [-0.2, -0.15) is 0 Å². The highest BCUT2D eigenvalue weighted by atomic mass is 14.0. The van der Waals surface area contributed by atoms with Crippen molar-refractivity contribution in [2.24, 2.45) is 0 Å². The lowest BCUT2D eigenvalue weighted by molar-refractivity contribution is 1.13. The number of hydrogen-bond donors (Lipinski definition) is 0. The highest BCUT2D eigenvalue weighted by Crippen LogP contribution is 2.12. The molecule has 0 aliphatic rings. The fourth-order valence-electron chi connectivity index (χ4n) is 1.13. The van der Waals surface area contributed by atoms with Gasteiger partial charge in [0.15, 0.2) is 0 Å². The van der Waals surface area contributed by atoms with Crippen molar-refractivity contribution in [3.63, 3.8) is 0 Å². The summed E-state index contributed by atoms with van der Waals surface area (Å²) in [6.07, 6.45) is 3.01. The Morgan fingerprint density at radius 3 is 2.73 bits per heavy atom. The molecule has 0 atom stereocenters. The number of hydrogen-bond acceptors (Lipinski definition) is 0. The molecule has 0 aliphatic carbocycles. The maximum Gasteiger partial charge on any atom is -0.0230 e. The van der Waals surface area contributed by atoms with Gasteiger partial charge < -0.3 is 0 Å². The van der Waals surface area contributed by atoms with Crippen molar-refractivity contribution >= 4 is 6.08 Å². The highest BCUT2D eigenvalue weighted by molar-refractivity contribution is 5.52. The van der Waals surface area contributed by atoms with E-state index in [9.17, 15) is 0 Å². The average molecular weight is 146 g/mol. The van der Waals surface area contributed by atoms with Crippen molar-refractivity contribution in [1.29, 1.82) is 0 Å². The summed E-state index contributed by atoms with van der Waals surface area (Å²) in [6, 6.07) is 6.51. The van der Waals surface area contributed by atoms with Crippen LogP contribution >= 0.6 is 0 Å². The Bertz CT molecular complexity index is 259. The van der Waals surface area contributed by atoms with Gasteiger partial charge in [0.05, 0.1) is 0 Å². The minimum absolute atomic E-state index is 1.10. The van der Waals surface area contributed by atoms with Crippen LogP contribution in [-0.2, 0) is 6.42 Å². The summed E-state index contributed by atoms with van der Waals surface area (Å²) < 4.78 is 0. The first kappa shape index (κ1) is 8.06. The quantitative estimate of drug-likeness (QED) is 0.601. The molecule has 0 aromatic heterocycles. The van der Waals surface area contributed by atoms with Crippen LogP contribution in [-0.4, -0.2) is 0 Å². The minimum Gasteiger partial charge on any atom is -0.0985 e. The van der Waals surface area contributed by atoms with Gasteiger partial charge in [0.1, 0.15) is 0 Å². The van der Waals surface area contributed by atoms with Crippen LogP contribution in [0, 0.1) is 6.92 Å². The third-order valence-electron chi connectivity index (χ3n) is 1.97. The Hall–Kier alpha value is -1.04. The molecule has 11 heavy (non-hydrogen) atoms. The fourth-order valence-corrected chi connectivity index (χ4v) is 1.13. The molecule has 0 aliphatic heterocycles. The first-order valence-electron chi connectivity index (χ1n) is 4.00. The molecule has 0 saturated heterocycles. The smallest absolute Gasteiger partial charge is 0.0230 e. The van der Waals surface area contributed by atoms with Crippen LogP contribution in [0.4, 0.5) is 0 Å². The monoisotopic (exact) mass is 146 g/mol. The summed E-state index contributed by atoms with van der Waals surface area (Å²) in [7, 11) is 0. The SMILES string of the molecule is C=Cc1cc(CC)ccc1C. The Morgan fingerprint density at radius 2 is 2.18 bits per heavy atom. The second kappa shape index (κ2) is 3.38. The first-order chi connectivity index (χ1) is 5.27. The van der Waals surface area contributed by atoms with Crippen molar-refractivity contribution < 1.29 is 0 Å². The molecule has 0 spiro atoms. The topological polar surface area (TPSA) is 0 Å². The van der Waals surface area contributed by atoms with Gasteiger partial charge in [0, 0.05) is 0 Å². The molecule has 0 unspecified atom stereocenters. The molecule has 0 fully saturated rings. The molecule has 1 aromatic rings. The molecule has 0 amide bonds. The summed E-state index contributed by atoms with van der Waals surface area (Å²) in [6.45, 7) is 8.04. The van der Waals surface area contributed by atoms with Crippen molar-refractivity contribution in [2.75, 3.05) is 0 Å². The summed E-state index contributed by atoms with van der Waals surface area (Å²) in [4.78, 5) is 0. The third-order valence-corrected chi connectivity index (χ3v) is 1.97. The van der Waals surface area contributed by atoms with E-state index in [0.29, 0.717) is 0 Å². The van der Waals surface area contributed by atoms with Crippen LogP contribution in [0.15, 0.2) is 24.8 Å². The Morgan fingerprint density at radius 1 is 1.45 bits per heavy atom. The molecular weight excluding hydrogens is 132 g/mol. The second-order valence-corrected chi connectivity index (χ2v) is 2.75. The van der Waals surface area contributed by atoms with Crippen LogP contribution in [0.1, 0.15) is 23.6 Å². The van der Waals surface area contributed by atoms with Crippen molar-refractivity contribution in [1.82, 2.24) is 0 Å². The van der Waals surface area contributed by atoms with E-state index >= 15 is 0 Å². The van der Waals surface area contributed by atoms with Crippen LogP contribution in [0.25, 0.3) is 6.08 Å². The number of aryl methyl sites for hydroxylation is 2. The largest absolute Gasteiger partial charge is 0.0985 e. The zero-order valence-electron chi connectivity index (χ0n) is 7.22. The van der Waals surface area contributed by atoms with E-state index in [2.05, 4.69) is 38.6 Å². The summed E-state index contributed by atoms with van der Waals surface area (Å²) >= 11 is 0. The third kappa shape index (κ3) is 1.70. The molecular formula is C11H14. The first-order valence-corrected chi connectivity index (χ1v) is 4.00. The van der Waals surface area contributed by atoms with Crippen LogP contribution in [0.3, 0.4) is 0 Å². The lowest BCUT2D eigenvalue weighted by Gasteiger charge is -2.02. The average Bonchev–Trinajstić information content (AvgIpc) is 2.05. The van der Waals surface area contributed by atoms with Crippen LogP contribution < -0.4 is 0 Å². The summed E-state index contributed by atoms with van der Waals surface area (Å²) in [5, 5.41) is 0. The Balaban J connectivity index is 3.12. The van der Waals surface area contributed by atoms with Gasteiger partial charge >= 0.3 is 0 Å². The summed E-state index contributed by atoms with van der Waals surface area (Å²) in [5.74, 6) is 0. The molecule has 1 rings (SSSR count). The molecule has 0 nitrogen and oxygen atoms in total. The predicted molar refractivity (Wildman–Crippen MR) is 50.6 cm³/mol. The highest BCUT2D eigenvalue weighted by Gasteiger charge is 1.93. The van der Waals surface area contributed by atoms with Gasteiger partial charge in [0.2, 0.25) is 0 Å². The molecule has 58 valence electrons. The van der Waals surface area contributed by atoms with Crippen molar-refractivity contribution in [3.8, 4) is 0 Å². The van der Waals surface area contributed by atoms with Crippen molar-refractivity contribution in [3.05, 3.63) is 41.5 Å². The molecule has 0 saturated carbocycles. The number of benzene rings is 1. The molecule has 0 heterocycles. The second-order valence-electron chi connectivity index (χ2n) is 2.75. The maximum absolute atomic E-state index is 3.77. The molecule has 0 N–H and O–H groups in total. The van der Waals surface area contributed by atoms with Crippen LogP contribution in [0.2, 0.25) is 0 Å². The van der Waals surface area contributed by atoms with Gasteiger partial charge in [-0.3, -0.25) is 0 Å². The fraction of sp³-hybridized carbons (Fsp3) is 0.273. The molecule has 0 radical (unpaired) electrons. The molecule has 0 heteroatoms. The lowest BCUT2D eigenvalue weighted by atomic mass is 10.0. The van der Waals surface area contributed by atoms with Gasteiger partial charge in [-0.25, -0.2) is 0 Å². The predicted octanol–water partition coefficient (Wildman–Crippen LogP) is 3.20. The molecule has 1 aromatic carbocycles. The van der Waals surface area contributed by atoms with Crippen LogP contribution in [0.5, 0.6) is 0 Å². The molecule has 0 bridgehead atoms. The zero-order chi connectivity index (χ0) is 8.27. The maximum atomic E-state index is 3.77. The number of rotatable bonds is 2. The summed E-state index contributed by atoms with van der Waals surface area (Å²) in [5.41, 5.74) is 3.94. The van der Waals surface area contributed by atoms with E-state index in [-0.39, 0.29) is 0 Å². The van der Waals surface area contributed by atoms with E-state index in [1.807, 2.05) is 6.08 Å². The van der Waals surface area contributed by atoms with Gasteiger partial charge in [0.25, 0.3) is 0 Å². The van der Waals surface area contributed by atoms with E-state index < -0.39 is 0 Å². The van der Waals surface area contributed by atoms with Gasteiger partial charge in [-0.1, -0.05) is 37.8 Å².